The van der Waals surface area contributed by atoms with Crippen molar-refractivity contribution < 1.29 is 0 Å². The van der Waals surface area contributed by atoms with Gasteiger partial charge in [0.05, 0.1) is 0 Å². The van der Waals surface area contributed by atoms with Crippen LogP contribution in [0.3, 0.4) is 0 Å². The molecule has 1 N–H and O–H groups in total. The van der Waals surface area contributed by atoms with Gasteiger partial charge in [-0.25, -0.2) is 0 Å². The zero-order valence-electron chi connectivity index (χ0n) is 9.04. The number of benzene rings is 1. The number of halogens is 1. The maximum absolute atomic E-state index is 3.46. The van der Waals surface area contributed by atoms with Crippen LogP contribution >= 0.6 is 15.9 Å². The molecule has 15 heavy (non-hydrogen) atoms. The Hall–Kier alpha value is -0.380. The molecule has 1 heterocycles. The summed E-state index contributed by atoms with van der Waals surface area (Å²) in [7, 11) is 0. The summed E-state index contributed by atoms with van der Waals surface area (Å²) in [6.07, 6.45) is 0. The van der Waals surface area contributed by atoms with Crippen molar-refractivity contribution in [2.75, 3.05) is 19.6 Å². The van der Waals surface area contributed by atoms with E-state index in [-0.39, 0.29) is 0 Å². The number of hydrogen-bond donors (Lipinski definition) is 1. The predicted octanol–water partition coefficient (Wildman–Crippen LogP) is 2.24. The molecule has 0 radical (unpaired) electrons. The second kappa shape index (κ2) is 5.10. The highest BCUT2D eigenvalue weighted by Gasteiger charge is 2.17. The van der Waals surface area contributed by atoms with Crippen LogP contribution in [0.25, 0.3) is 0 Å². The van der Waals surface area contributed by atoms with Gasteiger partial charge in [0.2, 0.25) is 0 Å². The number of nitrogens with one attached hydrogen (secondary N) is 1. The van der Waals surface area contributed by atoms with Crippen molar-refractivity contribution in [1.29, 1.82) is 0 Å². The Bertz CT molecular complexity index is 310. The van der Waals surface area contributed by atoms with Gasteiger partial charge in [0.1, 0.15) is 0 Å². The van der Waals surface area contributed by atoms with Crippen LogP contribution in [0.5, 0.6) is 0 Å². The van der Waals surface area contributed by atoms with Gasteiger partial charge in [-0.1, -0.05) is 28.1 Å². The fourth-order valence-electron chi connectivity index (χ4n) is 1.94. The van der Waals surface area contributed by atoms with E-state index in [1.54, 1.807) is 0 Å². The number of hydrogen-bond acceptors (Lipinski definition) is 2. The molecule has 1 atom stereocenters. The summed E-state index contributed by atoms with van der Waals surface area (Å²) in [4.78, 5) is 2.53. The molecule has 0 spiro atoms. The third kappa shape index (κ3) is 3.03. The van der Waals surface area contributed by atoms with Crippen LogP contribution in [0.2, 0.25) is 0 Å². The Kier molecular flexibility index (Phi) is 3.78. The number of rotatable bonds is 2. The highest BCUT2D eigenvalue weighted by molar-refractivity contribution is 9.10. The molecule has 1 aliphatic rings. The normalized spacial score (nSPS) is 22.9. The third-order valence-electron chi connectivity index (χ3n) is 2.94. The van der Waals surface area contributed by atoms with Gasteiger partial charge in [0, 0.05) is 36.7 Å². The second-order valence-electron chi connectivity index (χ2n) is 4.15. The van der Waals surface area contributed by atoms with Crippen LogP contribution in [0.4, 0.5) is 0 Å². The lowest BCUT2D eigenvalue weighted by Crippen LogP contribution is -2.49. The van der Waals surface area contributed by atoms with Crippen molar-refractivity contribution in [1.82, 2.24) is 10.2 Å². The SMILES string of the molecule is CC1CNCCN1Cc1ccc(Br)cc1. The van der Waals surface area contributed by atoms with Crippen molar-refractivity contribution in [3.63, 3.8) is 0 Å². The van der Waals surface area contributed by atoms with Crippen molar-refractivity contribution in [2.45, 2.75) is 19.5 Å². The maximum atomic E-state index is 3.46. The molecular formula is C12H17BrN2. The summed E-state index contributed by atoms with van der Waals surface area (Å²) in [5, 5.41) is 3.41. The highest BCUT2D eigenvalue weighted by Crippen LogP contribution is 2.14. The molecule has 1 saturated heterocycles. The van der Waals surface area contributed by atoms with Crippen LogP contribution < -0.4 is 5.32 Å². The lowest BCUT2D eigenvalue weighted by atomic mass is 10.1. The smallest absolute Gasteiger partial charge is 0.0237 e. The Morgan fingerprint density at radius 3 is 2.80 bits per heavy atom. The molecule has 0 saturated carbocycles. The zero-order chi connectivity index (χ0) is 10.7. The van der Waals surface area contributed by atoms with Gasteiger partial charge >= 0.3 is 0 Å². The van der Waals surface area contributed by atoms with Crippen LogP contribution in [0, 0.1) is 0 Å². The van der Waals surface area contributed by atoms with Crippen LogP contribution in [-0.4, -0.2) is 30.6 Å². The molecule has 2 rings (SSSR count). The van der Waals surface area contributed by atoms with Crippen molar-refractivity contribution in [2.24, 2.45) is 0 Å². The van der Waals surface area contributed by atoms with E-state index >= 15 is 0 Å². The molecule has 1 aromatic rings. The average molecular weight is 269 g/mol. The van der Waals surface area contributed by atoms with Crippen molar-refractivity contribution in [3.8, 4) is 0 Å². The van der Waals surface area contributed by atoms with E-state index < -0.39 is 0 Å². The minimum atomic E-state index is 0.641. The molecule has 1 aliphatic heterocycles. The van der Waals surface area contributed by atoms with Crippen LogP contribution in [-0.2, 0) is 6.54 Å². The molecule has 1 unspecified atom stereocenters. The summed E-state index contributed by atoms with van der Waals surface area (Å²) in [5.74, 6) is 0. The van der Waals surface area contributed by atoms with E-state index in [4.69, 9.17) is 0 Å². The van der Waals surface area contributed by atoms with Gasteiger partial charge in [-0.15, -0.1) is 0 Å². The number of nitrogens with zero attached hydrogens (tertiary/aromatic N) is 1. The first kappa shape index (κ1) is 11.1. The Balaban J connectivity index is 1.98. The minimum Gasteiger partial charge on any atom is -0.314 e. The van der Waals surface area contributed by atoms with Gasteiger partial charge in [0.25, 0.3) is 0 Å². The molecule has 0 amide bonds. The molecule has 0 aliphatic carbocycles. The molecule has 1 fully saturated rings. The third-order valence-corrected chi connectivity index (χ3v) is 3.47. The van der Waals surface area contributed by atoms with Crippen molar-refractivity contribution in [3.05, 3.63) is 34.3 Å². The Labute approximate surface area is 99.8 Å². The molecule has 0 aromatic heterocycles. The lowest BCUT2D eigenvalue weighted by molar-refractivity contribution is 0.165. The van der Waals surface area contributed by atoms with E-state index in [1.807, 2.05) is 0 Å². The van der Waals surface area contributed by atoms with Crippen LogP contribution in [0.1, 0.15) is 12.5 Å². The molecule has 2 nitrogen and oxygen atoms in total. The fraction of sp³-hybridized carbons (Fsp3) is 0.500. The second-order valence-corrected chi connectivity index (χ2v) is 5.07. The summed E-state index contributed by atoms with van der Waals surface area (Å²) in [6.45, 7) is 6.72. The minimum absolute atomic E-state index is 0.641. The standard InChI is InChI=1S/C12H17BrN2/c1-10-8-14-6-7-15(10)9-11-2-4-12(13)5-3-11/h2-5,10,14H,6-9H2,1H3. The zero-order valence-corrected chi connectivity index (χ0v) is 10.6. The molecule has 3 heteroatoms. The van der Waals surface area contributed by atoms with E-state index in [0.29, 0.717) is 6.04 Å². The van der Waals surface area contributed by atoms with E-state index in [9.17, 15) is 0 Å². The first-order chi connectivity index (χ1) is 7.25. The van der Waals surface area contributed by atoms with Gasteiger partial charge in [-0.3, -0.25) is 4.90 Å². The predicted molar refractivity (Wildman–Crippen MR) is 66.9 cm³/mol. The van der Waals surface area contributed by atoms with Crippen LogP contribution in [0.15, 0.2) is 28.7 Å². The molecule has 1 aromatic carbocycles. The monoisotopic (exact) mass is 268 g/mol. The Morgan fingerprint density at radius 1 is 1.40 bits per heavy atom. The maximum Gasteiger partial charge on any atom is 0.0237 e. The Morgan fingerprint density at radius 2 is 2.13 bits per heavy atom. The summed E-state index contributed by atoms with van der Waals surface area (Å²) in [6, 6.07) is 9.25. The van der Waals surface area contributed by atoms with Gasteiger partial charge in [-0.2, -0.15) is 0 Å². The summed E-state index contributed by atoms with van der Waals surface area (Å²) in [5.41, 5.74) is 1.40. The first-order valence-corrected chi connectivity index (χ1v) is 6.24. The quantitative estimate of drug-likeness (QED) is 0.885. The van der Waals surface area contributed by atoms with E-state index in [0.717, 1.165) is 30.7 Å². The largest absolute Gasteiger partial charge is 0.314 e. The van der Waals surface area contributed by atoms with E-state index in [2.05, 4.69) is 57.3 Å². The van der Waals surface area contributed by atoms with E-state index in [1.165, 1.54) is 5.56 Å². The summed E-state index contributed by atoms with van der Waals surface area (Å²) < 4.78 is 1.15. The first-order valence-electron chi connectivity index (χ1n) is 5.45. The molecular weight excluding hydrogens is 252 g/mol. The average Bonchev–Trinajstić information content (AvgIpc) is 2.25. The topological polar surface area (TPSA) is 15.3 Å². The number of piperazine rings is 1. The van der Waals surface area contributed by atoms with Crippen molar-refractivity contribution >= 4 is 15.9 Å². The fourth-order valence-corrected chi connectivity index (χ4v) is 2.21. The molecule has 0 bridgehead atoms. The van der Waals surface area contributed by atoms with Gasteiger partial charge in [-0.05, 0) is 24.6 Å². The molecule has 82 valence electrons. The van der Waals surface area contributed by atoms with Gasteiger partial charge in [0.15, 0.2) is 0 Å². The highest BCUT2D eigenvalue weighted by atomic mass is 79.9. The lowest BCUT2D eigenvalue weighted by Gasteiger charge is -2.33. The van der Waals surface area contributed by atoms with Gasteiger partial charge < -0.3 is 5.32 Å². The summed E-state index contributed by atoms with van der Waals surface area (Å²) >= 11 is 3.46.